The van der Waals surface area contributed by atoms with E-state index < -0.39 is 0 Å². The first-order valence-corrected chi connectivity index (χ1v) is 11.6. The number of hydrogen-bond acceptors (Lipinski definition) is 6. The fourth-order valence-electron chi connectivity index (χ4n) is 4.36. The lowest BCUT2D eigenvalue weighted by molar-refractivity contribution is -0.132. The van der Waals surface area contributed by atoms with Crippen molar-refractivity contribution in [3.63, 3.8) is 0 Å². The Labute approximate surface area is 191 Å². The van der Waals surface area contributed by atoms with E-state index in [4.69, 9.17) is 9.72 Å². The zero-order chi connectivity index (χ0) is 23.0. The Hall–Kier alpha value is -2.94. The minimum absolute atomic E-state index is 0.0613. The van der Waals surface area contributed by atoms with Crippen molar-refractivity contribution < 1.29 is 14.3 Å². The van der Waals surface area contributed by atoms with Gasteiger partial charge in [0.1, 0.15) is 0 Å². The van der Waals surface area contributed by atoms with Gasteiger partial charge in [0.25, 0.3) is 5.91 Å². The predicted molar refractivity (Wildman–Crippen MR) is 124 cm³/mol. The third-order valence-electron chi connectivity index (χ3n) is 6.18. The SMILES string of the molecule is COc1nn(C)c2nc(C)c(CCC(=O)N3CCN(C(=O)c4ccc(C)s4)CC3)c(C)c12. The predicted octanol–water partition coefficient (Wildman–Crippen LogP) is 2.88. The van der Waals surface area contributed by atoms with E-state index in [-0.39, 0.29) is 11.8 Å². The second-order valence-corrected chi connectivity index (χ2v) is 9.50. The van der Waals surface area contributed by atoms with Crippen LogP contribution in [0.15, 0.2) is 12.1 Å². The Bertz CT molecular complexity index is 1170. The molecule has 1 saturated heterocycles. The summed E-state index contributed by atoms with van der Waals surface area (Å²) in [6.07, 6.45) is 1.03. The van der Waals surface area contributed by atoms with Crippen molar-refractivity contribution in [3.05, 3.63) is 38.7 Å². The van der Waals surface area contributed by atoms with Crippen LogP contribution in [0.5, 0.6) is 5.88 Å². The van der Waals surface area contributed by atoms with Crippen LogP contribution in [-0.4, -0.2) is 69.7 Å². The van der Waals surface area contributed by atoms with Gasteiger partial charge in [0.15, 0.2) is 5.65 Å². The molecule has 1 fully saturated rings. The molecule has 0 unspecified atom stereocenters. The lowest BCUT2D eigenvalue weighted by Gasteiger charge is -2.34. The molecule has 32 heavy (non-hydrogen) atoms. The molecule has 0 saturated carbocycles. The number of aromatic nitrogens is 3. The first-order chi connectivity index (χ1) is 15.3. The van der Waals surface area contributed by atoms with Gasteiger partial charge < -0.3 is 14.5 Å². The molecule has 0 N–H and O–H groups in total. The fraction of sp³-hybridized carbons (Fsp3) is 0.478. The normalized spacial score (nSPS) is 14.3. The summed E-state index contributed by atoms with van der Waals surface area (Å²) in [7, 11) is 3.46. The number of carbonyl (C=O) groups excluding carboxylic acids is 2. The lowest BCUT2D eigenvalue weighted by Crippen LogP contribution is -2.50. The molecule has 3 aromatic heterocycles. The summed E-state index contributed by atoms with van der Waals surface area (Å²) in [5.74, 6) is 0.731. The standard InChI is InChI=1S/C23H29N5O3S/c1-14-6-8-18(32-14)23(30)28-12-10-27(11-13-28)19(29)9-7-17-15(2)20-21(24-16(17)3)26(4)25-22(20)31-5/h6,8H,7,9-13H2,1-5H3. The van der Waals surface area contributed by atoms with Crippen molar-refractivity contribution in [1.29, 1.82) is 0 Å². The van der Waals surface area contributed by atoms with Crippen LogP contribution in [0.4, 0.5) is 0 Å². The van der Waals surface area contributed by atoms with Crippen molar-refractivity contribution in [2.45, 2.75) is 33.6 Å². The molecule has 4 rings (SSSR count). The van der Waals surface area contributed by atoms with Gasteiger partial charge in [-0.15, -0.1) is 16.4 Å². The monoisotopic (exact) mass is 455 g/mol. The van der Waals surface area contributed by atoms with Gasteiger partial charge >= 0.3 is 0 Å². The first-order valence-electron chi connectivity index (χ1n) is 10.8. The van der Waals surface area contributed by atoms with Crippen LogP contribution in [0.2, 0.25) is 0 Å². The first kappa shape index (κ1) is 22.3. The number of pyridine rings is 1. The lowest BCUT2D eigenvalue weighted by atomic mass is 10.00. The van der Waals surface area contributed by atoms with Gasteiger partial charge in [0.2, 0.25) is 11.8 Å². The van der Waals surface area contributed by atoms with Crippen LogP contribution in [0.1, 0.15) is 37.8 Å². The Morgan fingerprint density at radius 1 is 1.09 bits per heavy atom. The summed E-state index contributed by atoms with van der Waals surface area (Å²) >= 11 is 1.52. The van der Waals surface area contributed by atoms with Gasteiger partial charge in [-0.05, 0) is 50.5 Å². The summed E-state index contributed by atoms with van der Waals surface area (Å²) in [5, 5.41) is 5.29. The molecule has 9 heteroatoms. The zero-order valence-corrected chi connectivity index (χ0v) is 20.1. The summed E-state index contributed by atoms with van der Waals surface area (Å²) < 4.78 is 7.15. The van der Waals surface area contributed by atoms with Crippen LogP contribution in [0.3, 0.4) is 0 Å². The van der Waals surface area contributed by atoms with Gasteiger partial charge in [-0.3, -0.25) is 9.59 Å². The Morgan fingerprint density at radius 3 is 2.41 bits per heavy atom. The molecule has 1 aliphatic heterocycles. The minimum Gasteiger partial charge on any atom is -0.479 e. The molecule has 4 heterocycles. The molecule has 0 atom stereocenters. The van der Waals surface area contributed by atoms with Gasteiger partial charge in [-0.25, -0.2) is 9.67 Å². The van der Waals surface area contributed by atoms with Crippen molar-refractivity contribution >= 4 is 34.2 Å². The zero-order valence-electron chi connectivity index (χ0n) is 19.3. The summed E-state index contributed by atoms with van der Waals surface area (Å²) in [6, 6.07) is 3.85. The number of thiophene rings is 1. The van der Waals surface area contributed by atoms with Crippen LogP contribution in [0, 0.1) is 20.8 Å². The maximum Gasteiger partial charge on any atom is 0.264 e. The van der Waals surface area contributed by atoms with Crippen molar-refractivity contribution in [2.75, 3.05) is 33.3 Å². The highest BCUT2D eigenvalue weighted by Gasteiger charge is 2.26. The third kappa shape index (κ3) is 4.09. The molecular weight excluding hydrogens is 426 g/mol. The van der Waals surface area contributed by atoms with E-state index in [1.807, 2.05) is 49.8 Å². The Balaban J connectivity index is 1.39. The van der Waals surface area contributed by atoms with E-state index in [1.54, 1.807) is 11.8 Å². The molecule has 3 aromatic rings. The van der Waals surface area contributed by atoms with Gasteiger partial charge in [0, 0.05) is 50.2 Å². The molecule has 8 nitrogen and oxygen atoms in total. The van der Waals surface area contributed by atoms with Crippen LogP contribution >= 0.6 is 11.3 Å². The van der Waals surface area contributed by atoms with Crippen molar-refractivity contribution in [3.8, 4) is 5.88 Å². The number of ether oxygens (including phenoxy) is 1. The molecule has 1 aliphatic rings. The van der Waals surface area contributed by atoms with E-state index >= 15 is 0 Å². The maximum absolute atomic E-state index is 12.9. The third-order valence-corrected chi connectivity index (χ3v) is 7.16. The number of carbonyl (C=O) groups is 2. The number of piperazine rings is 1. The molecule has 170 valence electrons. The van der Waals surface area contributed by atoms with E-state index in [9.17, 15) is 9.59 Å². The highest BCUT2D eigenvalue weighted by Crippen LogP contribution is 2.30. The maximum atomic E-state index is 12.9. The molecule has 0 radical (unpaired) electrons. The second kappa shape index (κ2) is 8.90. The van der Waals surface area contributed by atoms with Gasteiger partial charge in [-0.1, -0.05) is 0 Å². The number of methoxy groups -OCH3 is 1. The van der Waals surface area contributed by atoms with E-state index in [1.165, 1.54) is 11.3 Å². The highest BCUT2D eigenvalue weighted by atomic mass is 32.1. The molecular formula is C23H29N5O3S. The molecule has 0 aliphatic carbocycles. The minimum atomic E-state index is 0.0613. The highest BCUT2D eigenvalue weighted by molar-refractivity contribution is 7.13. The molecule has 2 amide bonds. The molecule has 0 spiro atoms. The van der Waals surface area contributed by atoms with Crippen LogP contribution in [-0.2, 0) is 18.3 Å². The summed E-state index contributed by atoms with van der Waals surface area (Å²) in [5.41, 5.74) is 3.83. The number of amides is 2. The van der Waals surface area contributed by atoms with Crippen molar-refractivity contribution in [1.82, 2.24) is 24.6 Å². The smallest absolute Gasteiger partial charge is 0.264 e. The van der Waals surface area contributed by atoms with E-state index in [0.29, 0.717) is 44.9 Å². The molecule has 0 aromatic carbocycles. The Kier molecular flexibility index (Phi) is 6.19. The van der Waals surface area contributed by atoms with E-state index in [2.05, 4.69) is 5.10 Å². The number of rotatable bonds is 5. The number of hydrogen-bond donors (Lipinski definition) is 0. The fourth-order valence-corrected chi connectivity index (χ4v) is 5.20. The van der Waals surface area contributed by atoms with Gasteiger partial charge in [0.05, 0.1) is 17.4 Å². The van der Waals surface area contributed by atoms with Crippen molar-refractivity contribution in [2.24, 2.45) is 7.05 Å². The van der Waals surface area contributed by atoms with Crippen LogP contribution in [0.25, 0.3) is 11.0 Å². The average Bonchev–Trinajstić information content (AvgIpc) is 3.36. The molecule has 0 bridgehead atoms. The van der Waals surface area contributed by atoms with E-state index in [0.717, 1.165) is 37.6 Å². The second-order valence-electron chi connectivity index (χ2n) is 8.22. The largest absolute Gasteiger partial charge is 0.479 e. The topological polar surface area (TPSA) is 80.6 Å². The average molecular weight is 456 g/mol. The Morgan fingerprint density at radius 2 is 1.78 bits per heavy atom. The quantitative estimate of drug-likeness (QED) is 0.591. The van der Waals surface area contributed by atoms with Crippen LogP contribution < -0.4 is 4.74 Å². The summed E-state index contributed by atoms with van der Waals surface area (Å²) in [6.45, 7) is 8.29. The summed E-state index contributed by atoms with van der Waals surface area (Å²) in [4.78, 5) is 35.9. The number of fused-ring (bicyclic) bond motifs is 1. The number of nitrogens with zero attached hydrogens (tertiary/aromatic N) is 5. The van der Waals surface area contributed by atoms with Gasteiger partial charge in [-0.2, -0.15) is 0 Å². The number of aryl methyl sites for hydroxylation is 4.